The van der Waals surface area contributed by atoms with Gasteiger partial charge in [-0.3, -0.25) is 4.90 Å². The Hall–Kier alpha value is -1.33. The first-order valence-corrected chi connectivity index (χ1v) is 6.00. The third kappa shape index (κ3) is 2.43. The molecule has 1 aliphatic heterocycles. The monoisotopic (exact) mass is 214 g/mol. The molecule has 1 aromatic rings. The Labute approximate surface area is 97.5 Å². The molecule has 0 saturated carbocycles. The number of nitriles is 1. The van der Waals surface area contributed by atoms with E-state index < -0.39 is 0 Å². The van der Waals surface area contributed by atoms with Crippen LogP contribution in [0, 0.1) is 17.2 Å². The second kappa shape index (κ2) is 5.14. The Kier molecular flexibility index (Phi) is 3.58. The van der Waals surface area contributed by atoms with E-state index in [2.05, 4.69) is 42.2 Å². The zero-order chi connectivity index (χ0) is 11.4. The highest BCUT2D eigenvalue weighted by molar-refractivity contribution is 5.18. The largest absolute Gasteiger partial charge is 0.295 e. The Morgan fingerprint density at radius 3 is 2.81 bits per heavy atom. The SMILES string of the molecule is CC(c1ccccc1)N1CCCC(C#N)C1. The van der Waals surface area contributed by atoms with Crippen molar-refractivity contribution < 1.29 is 0 Å². The second-order valence-electron chi connectivity index (χ2n) is 4.55. The lowest BCUT2D eigenvalue weighted by Gasteiger charge is -2.34. The molecule has 1 fully saturated rings. The van der Waals surface area contributed by atoms with Gasteiger partial charge in [0.05, 0.1) is 12.0 Å². The molecule has 2 atom stereocenters. The van der Waals surface area contributed by atoms with Gasteiger partial charge >= 0.3 is 0 Å². The van der Waals surface area contributed by atoms with Gasteiger partial charge in [0, 0.05) is 12.6 Å². The van der Waals surface area contributed by atoms with Crippen molar-refractivity contribution in [3.8, 4) is 6.07 Å². The van der Waals surface area contributed by atoms with Crippen molar-refractivity contribution in [2.45, 2.75) is 25.8 Å². The quantitative estimate of drug-likeness (QED) is 0.756. The van der Waals surface area contributed by atoms with Crippen LogP contribution in [-0.2, 0) is 0 Å². The lowest BCUT2D eigenvalue weighted by Crippen LogP contribution is -2.36. The first kappa shape index (κ1) is 11.2. The maximum atomic E-state index is 8.98. The van der Waals surface area contributed by atoms with Crippen LogP contribution in [0.4, 0.5) is 0 Å². The fourth-order valence-corrected chi connectivity index (χ4v) is 2.41. The average Bonchev–Trinajstić information content (AvgIpc) is 2.39. The van der Waals surface area contributed by atoms with E-state index in [9.17, 15) is 0 Å². The third-order valence-corrected chi connectivity index (χ3v) is 3.47. The summed E-state index contributed by atoms with van der Waals surface area (Å²) in [6.07, 6.45) is 2.21. The van der Waals surface area contributed by atoms with Crippen molar-refractivity contribution >= 4 is 0 Å². The van der Waals surface area contributed by atoms with Gasteiger partial charge in [-0.2, -0.15) is 5.26 Å². The molecule has 0 N–H and O–H groups in total. The van der Waals surface area contributed by atoms with Gasteiger partial charge in [-0.25, -0.2) is 0 Å². The van der Waals surface area contributed by atoms with Crippen molar-refractivity contribution in [1.29, 1.82) is 5.26 Å². The number of likely N-dealkylation sites (tertiary alicyclic amines) is 1. The predicted molar refractivity (Wildman–Crippen MR) is 64.8 cm³/mol. The number of nitrogens with zero attached hydrogens (tertiary/aromatic N) is 2. The van der Waals surface area contributed by atoms with E-state index >= 15 is 0 Å². The van der Waals surface area contributed by atoms with E-state index in [-0.39, 0.29) is 5.92 Å². The van der Waals surface area contributed by atoms with E-state index in [1.54, 1.807) is 0 Å². The topological polar surface area (TPSA) is 27.0 Å². The number of rotatable bonds is 2. The van der Waals surface area contributed by atoms with Gasteiger partial charge < -0.3 is 0 Å². The first-order chi connectivity index (χ1) is 7.81. The van der Waals surface area contributed by atoms with Crippen LogP contribution in [-0.4, -0.2) is 18.0 Å². The first-order valence-electron chi connectivity index (χ1n) is 6.00. The van der Waals surface area contributed by atoms with Crippen LogP contribution in [0.25, 0.3) is 0 Å². The summed E-state index contributed by atoms with van der Waals surface area (Å²) in [4.78, 5) is 2.42. The van der Waals surface area contributed by atoms with Crippen LogP contribution >= 0.6 is 0 Å². The van der Waals surface area contributed by atoms with Crippen LogP contribution in [0.5, 0.6) is 0 Å². The van der Waals surface area contributed by atoms with Crippen molar-refractivity contribution in [2.75, 3.05) is 13.1 Å². The van der Waals surface area contributed by atoms with E-state index in [1.807, 2.05) is 6.07 Å². The van der Waals surface area contributed by atoms with Crippen LogP contribution < -0.4 is 0 Å². The number of piperidine rings is 1. The fourth-order valence-electron chi connectivity index (χ4n) is 2.41. The molecule has 2 heteroatoms. The third-order valence-electron chi connectivity index (χ3n) is 3.47. The normalized spacial score (nSPS) is 23.6. The number of hydrogen-bond acceptors (Lipinski definition) is 2. The van der Waals surface area contributed by atoms with Crippen LogP contribution in [0.2, 0.25) is 0 Å². The highest BCUT2D eigenvalue weighted by atomic mass is 15.2. The second-order valence-corrected chi connectivity index (χ2v) is 4.55. The minimum absolute atomic E-state index is 0.222. The Bertz CT molecular complexity index is 366. The maximum absolute atomic E-state index is 8.98. The highest BCUT2D eigenvalue weighted by Gasteiger charge is 2.23. The predicted octanol–water partition coefficient (Wildman–Crippen LogP) is 2.98. The van der Waals surface area contributed by atoms with E-state index in [1.165, 1.54) is 5.56 Å². The van der Waals surface area contributed by atoms with Gasteiger partial charge in [0.15, 0.2) is 0 Å². The minimum atomic E-state index is 0.222. The fraction of sp³-hybridized carbons (Fsp3) is 0.500. The molecule has 0 amide bonds. The zero-order valence-electron chi connectivity index (χ0n) is 9.76. The summed E-state index contributed by atoms with van der Waals surface area (Å²) in [5.41, 5.74) is 1.35. The smallest absolute Gasteiger partial charge is 0.0669 e. The van der Waals surface area contributed by atoms with Gasteiger partial charge in [-0.15, -0.1) is 0 Å². The molecule has 1 saturated heterocycles. The van der Waals surface area contributed by atoms with Gasteiger partial charge in [0.25, 0.3) is 0 Å². The van der Waals surface area contributed by atoms with Gasteiger partial charge in [-0.1, -0.05) is 30.3 Å². The Morgan fingerprint density at radius 1 is 1.38 bits per heavy atom. The van der Waals surface area contributed by atoms with Gasteiger partial charge in [0.1, 0.15) is 0 Å². The van der Waals surface area contributed by atoms with Gasteiger partial charge in [0.2, 0.25) is 0 Å². The summed E-state index contributed by atoms with van der Waals surface area (Å²) < 4.78 is 0. The average molecular weight is 214 g/mol. The lowest BCUT2D eigenvalue weighted by atomic mass is 9.96. The minimum Gasteiger partial charge on any atom is -0.295 e. The Balaban J connectivity index is 2.05. The lowest BCUT2D eigenvalue weighted by molar-refractivity contribution is 0.151. The molecule has 0 radical (unpaired) electrons. The number of hydrogen-bond donors (Lipinski definition) is 0. The summed E-state index contributed by atoms with van der Waals surface area (Å²) in [5, 5.41) is 8.98. The summed E-state index contributed by atoms with van der Waals surface area (Å²) in [6.45, 7) is 4.27. The molecule has 1 heterocycles. The summed E-state index contributed by atoms with van der Waals surface area (Å²) >= 11 is 0. The zero-order valence-corrected chi connectivity index (χ0v) is 9.76. The van der Waals surface area contributed by atoms with Crippen LogP contribution in [0.15, 0.2) is 30.3 Å². The molecule has 2 unspecified atom stereocenters. The molecule has 0 spiro atoms. The standard InChI is InChI=1S/C14H18N2/c1-12(14-7-3-2-4-8-14)16-9-5-6-13(10-15)11-16/h2-4,7-8,12-13H,5-6,9,11H2,1H3. The van der Waals surface area contributed by atoms with E-state index in [0.717, 1.165) is 25.9 Å². The molecule has 84 valence electrons. The van der Waals surface area contributed by atoms with Gasteiger partial charge in [-0.05, 0) is 31.9 Å². The molecule has 0 aromatic heterocycles. The maximum Gasteiger partial charge on any atom is 0.0669 e. The molecule has 2 rings (SSSR count). The van der Waals surface area contributed by atoms with Crippen molar-refractivity contribution in [3.63, 3.8) is 0 Å². The molecule has 1 aliphatic rings. The number of benzene rings is 1. The molecule has 0 bridgehead atoms. The highest BCUT2D eigenvalue weighted by Crippen LogP contribution is 2.25. The summed E-state index contributed by atoms with van der Waals surface area (Å²) in [5.74, 6) is 0.222. The van der Waals surface area contributed by atoms with E-state index in [0.29, 0.717) is 6.04 Å². The van der Waals surface area contributed by atoms with Crippen LogP contribution in [0.1, 0.15) is 31.4 Å². The molecule has 0 aliphatic carbocycles. The summed E-state index contributed by atoms with van der Waals surface area (Å²) in [6, 6.07) is 13.4. The molecular formula is C14H18N2. The Morgan fingerprint density at radius 2 is 2.12 bits per heavy atom. The molecule has 16 heavy (non-hydrogen) atoms. The van der Waals surface area contributed by atoms with Crippen molar-refractivity contribution in [1.82, 2.24) is 4.90 Å². The van der Waals surface area contributed by atoms with Crippen molar-refractivity contribution in [2.24, 2.45) is 5.92 Å². The van der Waals surface area contributed by atoms with E-state index in [4.69, 9.17) is 5.26 Å². The molecular weight excluding hydrogens is 196 g/mol. The van der Waals surface area contributed by atoms with Crippen molar-refractivity contribution in [3.05, 3.63) is 35.9 Å². The molecule has 2 nitrogen and oxygen atoms in total. The molecule has 1 aromatic carbocycles. The van der Waals surface area contributed by atoms with Crippen LogP contribution in [0.3, 0.4) is 0 Å². The summed E-state index contributed by atoms with van der Waals surface area (Å²) in [7, 11) is 0.